The summed E-state index contributed by atoms with van der Waals surface area (Å²) in [5.74, 6) is 0.247. The number of nitrogens with zero attached hydrogens (tertiary/aromatic N) is 1. The van der Waals surface area contributed by atoms with Crippen molar-refractivity contribution in [1.29, 1.82) is 0 Å². The highest BCUT2D eigenvalue weighted by Crippen LogP contribution is 2.16. The lowest BCUT2D eigenvalue weighted by molar-refractivity contribution is 0.100. The molecule has 0 saturated carbocycles. The summed E-state index contributed by atoms with van der Waals surface area (Å²) in [5.41, 5.74) is 2.55. The van der Waals surface area contributed by atoms with Crippen LogP contribution in [-0.4, -0.2) is 17.1 Å². The van der Waals surface area contributed by atoms with Crippen LogP contribution in [0.25, 0.3) is 0 Å². The van der Waals surface area contributed by atoms with Crippen LogP contribution in [0.4, 0.5) is 5.69 Å². The average molecular weight is 253 g/mol. The Bertz CT molecular complexity index is 583. The van der Waals surface area contributed by atoms with Gasteiger partial charge in [0.15, 0.2) is 5.78 Å². The number of benzene rings is 2. The van der Waals surface area contributed by atoms with E-state index in [-0.39, 0.29) is 18.0 Å². The minimum absolute atomic E-state index is 0.0440. The van der Waals surface area contributed by atoms with Crippen LogP contribution < -0.4 is 0 Å². The van der Waals surface area contributed by atoms with Crippen molar-refractivity contribution in [2.75, 3.05) is 0 Å². The molecule has 0 aliphatic heterocycles. The number of hydrogen-bond donors (Lipinski definition) is 1. The molecule has 3 heteroatoms. The summed E-state index contributed by atoms with van der Waals surface area (Å²) < 4.78 is 0. The summed E-state index contributed by atoms with van der Waals surface area (Å²) in [7, 11) is 0. The standard InChI is InChI=1S/C16H15NO2/c1-12-2-4-13(5-3-12)16(19)10-11-17-14-6-8-15(18)9-7-14/h2-9,11,18H,10H2,1H3. The van der Waals surface area contributed by atoms with Gasteiger partial charge in [0.25, 0.3) is 0 Å². The molecular formula is C16H15NO2. The van der Waals surface area contributed by atoms with E-state index in [0.29, 0.717) is 5.56 Å². The van der Waals surface area contributed by atoms with Gasteiger partial charge in [0.05, 0.1) is 5.69 Å². The van der Waals surface area contributed by atoms with E-state index in [1.165, 1.54) is 0 Å². The first-order valence-corrected chi connectivity index (χ1v) is 6.06. The van der Waals surface area contributed by atoms with Gasteiger partial charge in [0, 0.05) is 18.2 Å². The van der Waals surface area contributed by atoms with E-state index in [1.807, 2.05) is 31.2 Å². The van der Waals surface area contributed by atoms with Gasteiger partial charge in [0.2, 0.25) is 0 Å². The molecule has 0 aromatic heterocycles. The molecule has 0 amide bonds. The maximum absolute atomic E-state index is 11.9. The topological polar surface area (TPSA) is 49.7 Å². The van der Waals surface area contributed by atoms with Crippen molar-refractivity contribution in [3.8, 4) is 5.75 Å². The number of ketones is 1. The Morgan fingerprint density at radius 2 is 1.74 bits per heavy atom. The molecule has 0 aliphatic carbocycles. The number of hydrogen-bond acceptors (Lipinski definition) is 3. The number of aromatic hydroxyl groups is 1. The molecule has 19 heavy (non-hydrogen) atoms. The molecule has 0 radical (unpaired) electrons. The number of rotatable bonds is 4. The fourth-order valence-electron chi connectivity index (χ4n) is 1.63. The van der Waals surface area contributed by atoms with Gasteiger partial charge in [-0.25, -0.2) is 0 Å². The van der Waals surface area contributed by atoms with Crippen molar-refractivity contribution in [3.05, 3.63) is 59.7 Å². The third-order valence-corrected chi connectivity index (χ3v) is 2.74. The van der Waals surface area contributed by atoms with Crippen molar-refractivity contribution < 1.29 is 9.90 Å². The summed E-state index contributed by atoms with van der Waals surface area (Å²) in [6, 6.07) is 14.0. The Labute approximate surface area is 112 Å². The van der Waals surface area contributed by atoms with Crippen molar-refractivity contribution in [2.45, 2.75) is 13.3 Å². The zero-order valence-electron chi connectivity index (χ0n) is 10.7. The van der Waals surface area contributed by atoms with Crippen LogP contribution in [-0.2, 0) is 0 Å². The molecule has 2 rings (SSSR count). The zero-order valence-corrected chi connectivity index (χ0v) is 10.7. The lowest BCUT2D eigenvalue weighted by Crippen LogP contribution is -1.99. The van der Waals surface area contributed by atoms with Gasteiger partial charge in [-0.1, -0.05) is 29.8 Å². The zero-order chi connectivity index (χ0) is 13.7. The number of phenols is 1. The van der Waals surface area contributed by atoms with Gasteiger partial charge in [-0.3, -0.25) is 9.79 Å². The Hall–Kier alpha value is -2.42. The van der Waals surface area contributed by atoms with Gasteiger partial charge >= 0.3 is 0 Å². The largest absolute Gasteiger partial charge is 0.508 e. The molecule has 3 nitrogen and oxygen atoms in total. The second kappa shape index (κ2) is 5.96. The maximum atomic E-state index is 11.9. The highest BCUT2D eigenvalue weighted by atomic mass is 16.3. The Morgan fingerprint density at radius 1 is 1.11 bits per heavy atom. The molecule has 0 atom stereocenters. The average Bonchev–Trinajstić information content (AvgIpc) is 2.41. The van der Waals surface area contributed by atoms with Crippen molar-refractivity contribution >= 4 is 17.7 Å². The summed E-state index contributed by atoms with van der Waals surface area (Å²) in [4.78, 5) is 16.0. The number of aryl methyl sites for hydroxylation is 1. The van der Waals surface area contributed by atoms with Crippen LogP contribution in [0.5, 0.6) is 5.75 Å². The minimum Gasteiger partial charge on any atom is -0.508 e. The van der Waals surface area contributed by atoms with Crippen molar-refractivity contribution in [3.63, 3.8) is 0 Å². The van der Waals surface area contributed by atoms with Crippen LogP contribution in [0.2, 0.25) is 0 Å². The molecule has 0 bridgehead atoms. The van der Waals surface area contributed by atoms with Crippen LogP contribution in [0.15, 0.2) is 53.5 Å². The van der Waals surface area contributed by atoms with Crippen molar-refractivity contribution in [1.82, 2.24) is 0 Å². The SMILES string of the molecule is Cc1ccc(C(=O)CC=Nc2ccc(O)cc2)cc1. The maximum Gasteiger partial charge on any atom is 0.168 e. The Balaban J connectivity index is 1.96. The molecule has 0 fully saturated rings. The van der Waals surface area contributed by atoms with E-state index in [0.717, 1.165) is 11.3 Å². The third-order valence-electron chi connectivity index (χ3n) is 2.74. The predicted octanol–water partition coefficient (Wildman–Crippen LogP) is 3.68. The molecule has 2 aromatic carbocycles. The van der Waals surface area contributed by atoms with Crippen LogP contribution in [0.1, 0.15) is 22.3 Å². The third kappa shape index (κ3) is 3.78. The highest BCUT2D eigenvalue weighted by molar-refractivity contribution is 6.03. The summed E-state index contributed by atoms with van der Waals surface area (Å²) >= 11 is 0. The number of phenolic OH excluding ortho intramolecular Hbond substituents is 1. The van der Waals surface area contributed by atoms with E-state index in [9.17, 15) is 4.79 Å². The molecule has 2 aromatic rings. The smallest absolute Gasteiger partial charge is 0.168 e. The Kier molecular flexibility index (Phi) is 4.08. The minimum atomic E-state index is 0.0440. The second-order valence-corrected chi connectivity index (χ2v) is 4.32. The lowest BCUT2D eigenvalue weighted by atomic mass is 10.1. The quantitative estimate of drug-likeness (QED) is 0.667. The van der Waals surface area contributed by atoms with Gasteiger partial charge in [0.1, 0.15) is 5.75 Å². The van der Waals surface area contributed by atoms with Crippen LogP contribution in [0, 0.1) is 6.92 Å². The van der Waals surface area contributed by atoms with Crippen LogP contribution >= 0.6 is 0 Å². The van der Waals surface area contributed by atoms with Gasteiger partial charge < -0.3 is 5.11 Å². The van der Waals surface area contributed by atoms with Crippen LogP contribution in [0.3, 0.4) is 0 Å². The first kappa shape index (κ1) is 13.0. The molecule has 0 unspecified atom stereocenters. The number of carbonyl (C=O) groups is 1. The second-order valence-electron chi connectivity index (χ2n) is 4.32. The first-order valence-electron chi connectivity index (χ1n) is 6.06. The predicted molar refractivity (Wildman–Crippen MR) is 76.4 cm³/mol. The van der Waals surface area contributed by atoms with Gasteiger partial charge in [-0.2, -0.15) is 0 Å². The Morgan fingerprint density at radius 3 is 2.37 bits per heavy atom. The van der Waals surface area contributed by atoms with E-state index in [1.54, 1.807) is 30.5 Å². The first-order chi connectivity index (χ1) is 9.15. The molecule has 96 valence electrons. The molecular weight excluding hydrogens is 238 g/mol. The highest BCUT2D eigenvalue weighted by Gasteiger charge is 2.02. The normalized spacial score (nSPS) is 10.8. The summed E-state index contributed by atoms with van der Waals surface area (Å²) in [5, 5.41) is 9.14. The van der Waals surface area contributed by atoms with Gasteiger partial charge in [-0.05, 0) is 31.2 Å². The number of aliphatic imine (C=N–C) groups is 1. The van der Waals surface area contributed by atoms with E-state index >= 15 is 0 Å². The van der Waals surface area contributed by atoms with E-state index in [4.69, 9.17) is 5.11 Å². The van der Waals surface area contributed by atoms with Gasteiger partial charge in [-0.15, -0.1) is 0 Å². The molecule has 0 aliphatic rings. The number of carbonyl (C=O) groups excluding carboxylic acids is 1. The summed E-state index contributed by atoms with van der Waals surface area (Å²) in [6.45, 7) is 1.99. The van der Waals surface area contributed by atoms with Crippen molar-refractivity contribution in [2.24, 2.45) is 4.99 Å². The summed E-state index contributed by atoms with van der Waals surface area (Å²) in [6.07, 6.45) is 1.86. The molecule has 1 N–H and O–H groups in total. The lowest BCUT2D eigenvalue weighted by Gasteiger charge is -1.98. The fourth-order valence-corrected chi connectivity index (χ4v) is 1.63. The van der Waals surface area contributed by atoms with E-state index < -0.39 is 0 Å². The molecule has 0 saturated heterocycles. The monoisotopic (exact) mass is 253 g/mol. The molecule has 0 spiro atoms. The number of Topliss-reactive ketones (excluding diaryl/α,β-unsaturated/α-hetero) is 1. The van der Waals surface area contributed by atoms with E-state index in [2.05, 4.69) is 4.99 Å². The fraction of sp³-hybridized carbons (Fsp3) is 0.125. The molecule has 0 heterocycles.